The van der Waals surface area contributed by atoms with Crippen molar-refractivity contribution in [1.29, 1.82) is 0 Å². The van der Waals surface area contributed by atoms with E-state index in [4.69, 9.17) is 28.9 Å². The monoisotopic (exact) mass is 330 g/mol. The maximum atomic E-state index is 12.6. The van der Waals surface area contributed by atoms with Gasteiger partial charge >= 0.3 is 0 Å². The Labute approximate surface area is 127 Å². The summed E-state index contributed by atoms with van der Waals surface area (Å²) in [5, 5.41) is -0.376. The summed E-state index contributed by atoms with van der Waals surface area (Å²) in [4.78, 5) is 4.01. The zero-order chi connectivity index (χ0) is 14.8. The molecule has 2 N–H and O–H groups in total. The summed E-state index contributed by atoms with van der Waals surface area (Å²) >= 11 is 11.7. The zero-order valence-electron chi connectivity index (χ0n) is 10.3. The molecule has 2 aromatic rings. The van der Waals surface area contributed by atoms with Crippen LogP contribution in [0.3, 0.4) is 0 Å². The Hall–Kier alpha value is -1.14. The predicted molar refractivity (Wildman–Crippen MR) is 79.7 cm³/mol. The van der Waals surface area contributed by atoms with Crippen LogP contribution in [0.15, 0.2) is 47.6 Å². The van der Waals surface area contributed by atoms with Crippen molar-refractivity contribution in [3.8, 4) is 0 Å². The van der Waals surface area contributed by atoms with Crippen LogP contribution in [-0.4, -0.2) is 19.9 Å². The number of pyridine rings is 1. The quantitative estimate of drug-likeness (QED) is 0.935. The van der Waals surface area contributed by atoms with Crippen molar-refractivity contribution >= 4 is 33.0 Å². The van der Waals surface area contributed by atoms with Crippen LogP contribution < -0.4 is 5.73 Å². The second-order valence-electron chi connectivity index (χ2n) is 4.13. The van der Waals surface area contributed by atoms with Crippen molar-refractivity contribution in [2.45, 2.75) is 10.1 Å². The van der Waals surface area contributed by atoms with E-state index < -0.39 is 15.1 Å². The summed E-state index contributed by atoms with van der Waals surface area (Å²) in [6, 6.07) is 7.55. The first-order chi connectivity index (χ1) is 9.46. The number of rotatable bonds is 4. The van der Waals surface area contributed by atoms with E-state index in [1.165, 1.54) is 24.4 Å². The van der Waals surface area contributed by atoms with Gasteiger partial charge < -0.3 is 5.73 Å². The Kier molecular flexibility index (Phi) is 4.65. The molecule has 0 fully saturated rings. The third kappa shape index (κ3) is 2.96. The van der Waals surface area contributed by atoms with E-state index in [2.05, 4.69) is 4.98 Å². The highest BCUT2D eigenvalue weighted by Crippen LogP contribution is 2.31. The molecule has 1 heterocycles. The van der Waals surface area contributed by atoms with Crippen LogP contribution in [0.25, 0.3) is 0 Å². The molecule has 4 nitrogen and oxygen atoms in total. The van der Waals surface area contributed by atoms with Gasteiger partial charge in [-0.05, 0) is 29.8 Å². The van der Waals surface area contributed by atoms with E-state index >= 15 is 0 Å². The number of benzene rings is 1. The molecule has 0 amide bonds. The lowest BCUT2D eigenvalue weighted by Crippen LogP contribution is -2.22. The molecule has 0 aliphatic rings. The van der Waals surface area contributed by atoms with Gasteiger partial charge in [-0.25, -0.2) is 8.42 Å². The SMILES string of the molecule is NCC(c1cccnc1)S(=O)(=O)c1ccc(Cl)c(Cl)c1. The Morgan fingerprint density at radius 1 is 1.20 bits per heavy atom. The number of sulfone groups is 1. The van der Waals surface area contributed by atoms with Crippen LogP contribution in [0, 0.1) is 0 Å². The maximum Gasteiger partial charge on any atom is 0.186 e. The Morgan fingerprint density at radius 2 is 1.95 bits per heavy atom. The molecule has 0 bridgehead atoms. The number of hydrogen-bond acceptors (Lipinski definition) is 4. The topological polar surface area (TPSA) is 73.0 Å². The smallest absolute Gasteiger partial charge is 0.186 e. The summed E-state index contributed by atoms with van der Waals surface area (Å²) in [5.74, 6) is 0. The van der Waals surface area contributed by atoms with E-state index in [1.54, 1.807) is 18.3 Å². The van der Waals surface area contributed by atoms with Crippen LogP contribution in [-0.2, 0) is 9.84 Å². The average Bonchev–Trinajstić information content (AvgIpc) is 2.43. The second kappa shape index (κ2) is 6.10. The van der Waals surface area contributed by atoms with E-state index in [0.717, 1.165) is 0 Å². The highest BCUT2D eigenvalue weighted by molar-refractivity contribution is 7.91. The highest BCUT2D eigenvalue weighted by Gasteiger charge is 2.28. The second-order valence-corrected chi connectivity index (χ2v) is 7.08. The van der Waals surface area contributed by atoms with Gasteiger partial charge in [0, 0.05) is 18.9 Å². The molecule has 0 saturated heterocycles. The van der Waals surface area contributed by atoms with Crippen LogP contribution in [0.5, 0.6) is 0 Å². The molecule has 0 spiro atoms. The van der Waals surface area contributed by atoms with Gasteiger partial charge in [-0.15, -0.1) is 0 Å². The molecule has 0 radical (unpaired) electrons. The van der Waals surface area contributed by atoms with Crippen LogP contribution in [0.2, 0.25) is 10.0 Å². The lowest BCUT2D eigenvalue weighted by molar-refractivity contribution is 0.582. The van der Waals surface area contributed by atoms with Crippen molar-refractivity contribution < 1.29 is 8.42 Å². The van der Waals surface area contributed by atoms with Crippen LogP contribution >= 0.6 is 23.2 Å². The molecule has 0 aliphatic carbocycles. The van der Waals surface area contributed by atoms with Gasteiger partial charge in [0.25, 0.3) is 0 Å². The summed E-state index contributed by atoms with van der Waals surface area (Å²) in [5.41, 5.74) is 6.17. The molecule has 7 heteroatoms. The highest BCUT2D eigenvalue weighted by atomic mass is 35.5. The first-order valence-corrected chi connectivity index (χ1v) is 8.06. The first-order valence-electron chi connectivity index (χ1n) is 5.75. The first kappa shape index (κ1) is 15.3. The minimum atomic E-state index is -3.65. The summed E-state index contributed by atoms with van der Waals surface area (Å²) in [6.07, 6.45) is 3.06. The number of aromatic nitrogens is 1. The van der Waals surface area contributed by atoms with E-state index in [0.29, 0.717) is 10.6 Å². The van der Waals surface area contributed by atoms with E-state index in [1.807, 2.05) is 0 Å². The predicted octanol–water partition coefficient (Wildman–Crippen LogP) is 2.86. The Bertz CT molecular complexity index is 706. The third-order valence-corrected chi connectivity index (χ3v) is 5.73. The van der Waals surface area contributed by atoms with Gasteiger partial charge in [-0.1, -0.05) is 29.3 Å². The van der Waals surface area contributed by atoms with Crippen LogP contribution in [0.4, 0.5) is 0 Å². The summed E-state index contributed by atoms with van der Waals surface area (Å²) < 4.78 is 25.2. The normalized spacial score (nSPS) is 13.2. The standard InChI is InChI=1S/C13H12Cl2N2O2S/c14-11-4-3-10(6-12(11)15)20(18,19)13(7-16)9-2-1-5-17-8-9/h1-6,8,13H,7,16H2. The third-order valence-electron chi connectivity index (χ3n) is 2.86. The molecule has 1 aromatic carbocycles. The molecule has 2 rings (SSSR count). The molecule has 1 atom stereocenters. The van der Waals surface area contributed by atoms with Gasteiger partial charge in [-0.3, -0.25) is 4.98 Å². The van der Waals surface area contributed by atoms with Gasteiger partial charge in [0.2, 0.25) is 0 Å². The minimum absolute atomic E-state index is 0.0473. The van der Waals surface area contributed by atoms with Crippen molar-refractivity contribution in [3.63, 3.8) is 0 Å². The molecule has 0 aliphatic heterocycles. The Balaban J connectivity index is 2.50. The van der Waals surface area contributed by atoms with Crippen molar-refractivity contribution in [1.82, 2.24) is 4.98 Å². The van der Waals surface area contributed by atoms with Gasteiger partial charge in [0.15, 0.2) is 9.84 Å². The fourth-order valence-corrected chi connectivity index (χ4v) is 3.81. The van der Waals surface area contributed by atoms with Gasteiger partial charge in [-0.2, -0.15) is 0 Å². The summed E-state index contributed by atoms with van der Waals surface area (Å²) in [6.45, 7) is -0.0473. The molecular weight excluding hydrogens is 319 g/mol. The van der Waals surface area contributed by atoms with Crippen molar-refractivity contribution in [3.05, 3.63) is 58.3 Å². The number of nitrogens with two attached hydrogens (primary N) is 1. The fraction of sp³-hybridized carbons (Fsp3) is 0.154. The van der Waals surface area contributed by atoms with Crippen molar-refractivity contribution in [2.75, 3.05) is 6.54 Å². The molecule has 106 valence electrons. The maximum absolute atomic E-state index is 12.6. The van der Waals surface area contributed by atoms with Gasteiger partial charge in [0.1, 0.15) is 5.25 Å². The number of hydrogen-bond donors (Lipinski definition) is 1. The summed E-state index contributed by atoms with van der Waals surface area (Å²) in [7, 11) is -3.65. The minimum Gasteiger partial charge on any atom is -0.329 e. The molecular formula is C13H12Cl2N2O2S. The molecule has 20 heavy (non-hydrogen) atoms. The average molecular weight is 331 g/mol. The van der Waals surface area contributed by atoms with Crippen molar-refractivity contribution in [2.24, 2.45) is 5.73 Å². The molecule has 1 unspecified atom stereocenters. The lowest BCUT2D eigenvalue weighted by Gasteiger charge is -2.16. The van der Waals surface area contributed by atoms with E-state index in [9.17, 15) is 8.42 Å². The fourth-order valence-electron chi connectivity index (χ4n) is 1.83. The zero-order valence-corrected chi connectivity index (χ0v) is 12.7. The number of halogens is 2. The number of nitrogens with zero attached hydrogens (tertiary/aromatic N) is 1. The molecule has 0 saturated carbocycles. The Morgan fingerprint density at radius 3 is 2.50 bits per heavy atom. The largest absolute Gasteiger partial charge is 0.329 e. The molecule has 1 aromatic heterocycles. The lowest BCUT2D eigenvalue weighted by atomic mass is 10.2. The van der Waals surface area contributed by atoms with Gasteiger partial charge in [0.05, 0.1) is 14.9 Å². The van der Waals surface area contributed by atoms with E-state index in [-0.39, 0.29) is 16.5 Å². The van der Waals surface area contributed by atoms with Crippen LogP contribution in [0.1, 0.15) is 10.8 Å².